The van der Waals surface area contributed by atoms with E-state index in [0.717, 1.165) is 22.0 Å². The van der Waals surface area contributed by atoms with Crippen LogP contribution < -0.4 is 5.43 Å². The molecule has 0 aliphatic rings. The highest BCUT2D eigenvalue weighted by Crippen LogP contribution is 2.25. The molecule has 0 aliphatic heterocycles. The van der Waals surface area contributed by atoms with Crippen LogP contribution in [-0.4, -0.2) is 11.2 Å². The summed E-state index contributed by atoms with van der Waals surface area (Å²) < 4.78 is 0. The first-order valence-electron chi connectivity index (χ1n) is 8.03. The Morgan fingerprint density at radius 3 is 2.42 bits per heavy atom. The van der Waals surface area contributed by atoms with Crippen LogP contribution in [-0.2, 0) is 0 Å². The Bertz CT molecular complexity index is 815. The molecule has 122 valence electrons. The number of nitrogens with one attached hydrogen (secondary N) is 1. The smallest absolute Gasteiger partial charge is 0.203 e. The summed E-state index contributed by atoms with van der Waals surface area (Å²) in [6.07, 6.45) is 1.82. The van der Waals surface area contributed by atoms with Crippen LogP contribution in [0.1, 0.15) is 36.5 Å². The number of aromatic nitrogens is 1. The third-order valence-corrected chi connectivity index (χ3v) is 4.58. The quantitative estimate of drug-likeness (QED) is 0.480. The molecule has 0 bridgehead atoms. The van der Waals surface area contributed by atoms with E-state index in [-0.39, 0.29) is 0 Å². The van der Waals surface area contributed by atoms with Crippen molar-refractivity contribution in [3.63, 3.8) is 0 Å². The Kier molecular flexibility index (Phi) is 5.06. The second kappa shape index (κ2) is 7.41. The zero-order chi connectivity index (χ0) is 16.9. The van der Waals surface area contributed by atoms with Gasteiger partial charge in [-0.05, 0) is 24.0 Å². The van der Waals surface area contributed by atoms with Crippen LogP contribution >= 0.6 is 11.3 Å². The molecule has 3 rings (SSSR count). The van der Waals surface area contributed by atoms with Gasteiger partial charge in [0.2, 0.25) is 5.13 Å². The Morgan fingerprint density at radius 2 is 1.75 bits per heavy atom. The molecule has 0 saturated heterocycles. The van der Waals surface area contributed by atoms with Gasteiger partial charge < -0.3 is 0 Å². The van der Waals surface area contributed by atoms with Gasteiger partial charge in [-0.25, -0.2) is 4.98 Å². The van der Waals surface area contributed by atoms with Gasteiger partial charge in [0.15, 0.2) is 0 Å². The minimum Gasteiger partial charge on any atom is -0.253 e. The molecule has 4 heteroatoms. The molecule has 3 aromatic rings. The molecule has 0 saturated carbocycles. The fraction of sp³-hybridized carbons (Fsp3) is 0.200. The SMILES string of the molecule is Cc1ccc(-c2csc(NN=Cc3ccc(C(C)C)cc3)n2)cc1. The average molecular weight is 335 g/mol. The van der Waals surface area contributed by atoms with Crippen molar-refractivity contribution in [1.82, 2.24) is 4.98 Å². The molecule has 1 aromatic heterocycles. The lowest BCUT2D eigenvalue weighted by molar-refractivity contribution is 0.866. The van der Waals surface area contributed by atoms with Gasteiger partial charge in [0, 0.05) is 10.9 Å². The van der Waals surface area contributed by atoms with Crippen LogP contribution in [0.15, 0.2) is 59.0 Å². The molecule has 0 spiro atoms. The summed E-state index contributed by atoms with van der Waals surface area (Å²) in [5.74, 6) is 0.546. The first-order valence-corrected chi connectivity index (χ1v) is 8.91. The molecular formula is C20H21N3S. The van der Waals surface area contributed by atoms with Gasteiger partial charge in [-0.2, -0.15) is 5.10 Å². The molecule has 0 amide bonds. The largest absolute Gasteiger partial charge is 0.253 e. The number of hydrogen-bond acceptors (Lipinski definition) is 4. The number of aryl methyl sites for hydroxylation is 1. The number of benzene rings is 2. The normalized spacial score (nSPS) is 11.3. The van der Waals surface area contributed by atoms with E-state index in [4.69, 9.17) is 0 Å². The van der Waals surface area contributed by atoms with Crippen molar-refractivity contribution in [2.24, 2.45) is 5.10 Å². The van der Waals surface area contributed by atoms with E-state index in [1.54, 1.807) is 11.3 Å². The van der Waals surface area contributed by atoms with E-state index < -0.39 is 0 Å². The van der Waals surface area contributed by atoms with Gasteiger partial charge in [0.25, 0.3) is 0 Å². The van der Waals surface area contributed by atoms with E-state index in [9.17, 15) is 0 Å². The van der Waals surface area contributed by atoms with Gasteiger partial charge >= 0.3 is 0 Å². The number of anilines is 1. The Hall–Kier alpha value is -2.46. The van der Waals surface area contributed by atoms with Gasteiger partial charge in [-0.3, -0.25) is 5.43 Å². The summed E-state index contributed by atoms with van der Waals surface area (Å²) in [4.78, 5) is 4.57. The highest BCUT2D eigenvalue weighted by molar-refractivity contribution is 7.14. The molecule has 0 fully saturated rings. The molecular weight excluding hydrogens is 314 g/mol. The maximum absolute atomic E-state index is 4.57. The Morgan fingerprint density at radius 1 is 1.04 bits per heavy atom. The van der Waals surface area contributed by atoms with Crippen LogP contribution in [0.25, 0.3) is 11.3 Å². The molecule has 0 radical (unpaired) electrons. The number of nitrogens with zero attached hydrogens (tertiary/aromatic N) is 2. The summed E-state index contributed by atoms with van der Waals surface area (Å²) >= 11 is 1.55. The number of hydrazone groups is 1. The molecule has 1 heterocycles. The molecule has 0 unspecified atom stereocenters. The van der Waals surface area contributed by atoms with Crippen LogP contribution in [0.3, 0.4) is 0 Å². The lowest BCUT2D eigenvalue weighted by Gasteiger charge is -2.04. The third-order valence-electron chi connectivity index (χ3n) is 3.83. The topological polar surface area (TPSA) is 37.3 Å². The lowest BCUT2D eigenvalue weighted by Crippen LogP contribution is -1.91. The first-order chi connectivity index (χ1) is 11.6. The fourth-order valence-corrected chi connectivity index (χ4v) is 2.98. The predicted octanol–water partition coefficient (Wildman–Crippen LogP) is 5.69. The standard InChI is InChI=1S/C20H21N3S/c1-14(2)17-10-6-16(7-11-17)12-21-23-20-22-19(13-24-20)18-8-4-15(3)5-9-18/h4-14H,1-3H3,(H,22,23). The minimum absolute atomic E-state index is 0.546. The monoisotopic (exact) mass is 335 g/mol. The summed E-state index contributed by atoms with van der Waals surface area (Å²) in [6.45, 7) is 6.47. The van der Waals surface area contributed by atoms with Crippen molar-refractivity contribution in [2.45, 2.75) is 26.7 Å². The zero-order valence-corrected chi connectivity index (χ0v) is 15.0. The number of rotatable bonds is 5. The van der Waals surface area contributed by atoms with Crippen molar-refractivity contribution in [1.29, 1.82) is 0 Å². The first kappa shape index (κ1) is 16.4. The predicted molar refractivity (Wildman–Crippen MR) is 104 cm³/mol. The second-order valence-electron chi connectivity index (χ2n) is 6.10. The van der Waals surface area contributed by atoms with Crippen molar-refractivity contribution in [3.05, 3.63) is 70.6 Å². The van der Waals surface area contributed by atoms with Crippen LogP contribution in [0.5, 0.6) is 0 Å². The zero-order valence-electron chi connectivity index (χ0n) is 14.2. The molecule has 2 aromatic carbocycles. The van der Waals surface area contributed by atoms with E-state index in [1.807, 2.05) is 11.6 Å². The van der Waals surface area contributed by atoms with E-state index in [0.29, 0.717) is 5.92 Å². The van der Waals surface area contributed by atoms with E-state index in [2.05, 4.69) is 84.8 Å². The molecule has 0 atom stereocenters. The van der Waals surface area contributed by atoms with E-state index in [1.165, 1.54) is 11.1 Å². The number of thiazole rings is 1. The highest BCUT2D eigenvalue weighted by atomic mass is 32.1. The van der Waals surface area contributed by atoms with Crippen LogP contribution in [0, 0.1) is 6.92 Å². The van der Waals surface area contributed by atoms with Crippen molar-refractivity contribution in [2.75, 3.05) is 5.43 Å². The minimum atomic E-state index is 0.546. The lowest BCUT2D eigenvalue weighted by atomic mass is 10.0. The number of hydrogen-bond donors (Lipinski definition) is 1. The third kappa shape index (κ3) is 4.09. The van der Waals surface area contributed by atoms with Gasteiger partial charge in [-0.15, -0.1) is 11.3 Å². The van der Waals surface area contributed by atoms with Crippen molar-refractivity contribution in [3.8, 4) is 11.3 Å². The Labute approximate surface area is 147 Å². The summed E-state index contributed by atoms with van der Waals surface area (Å²) in [5, 5.41) is 7.11. The molecule has 3 nitrogen and oxygen atoms in total. The molecule has 24 heavy (non-hydrogen) atoms. The second-order valence-corrected chi connectivity index (χ2v) is 6.95. The van der Waals surface area contributed by atoms with Crippen LogP contribution in [0.2, 0.25) is 0 Å². The van der Waals surface area contributed by atoms with Crippen molar-refractivity contribution >= 4 is 22.7 Å². The molecule has 1 N–H and O–H groups in total. The Balaban J connectivity index is 1.63. The summed E-state index contributed by atoms with van der Waals surface area (Å²) in [7, 11) is 0. The maximum atomic E-state index is 4.57. The van der Waals surface area contributed by atoms with Gasteiger partial charge in [0.1, 0.15) is 0 Å². The maximum Gasteiger partial charge on any atom is 0.203 e. The van der Waals surface area contributed by atoms with E-state index >= 15 is 0 Å². The fourth-order valence-electron chi connectivity index (χ4n) is 2.31. The average Bonchev–Trinajstić information content (AvgIpc) is 3.05. The van der Waals surface area contributed by atoms with Gasteiger partial charge in [0.05, 0.1) is 11.9 Å². The van der Waals surface area contributed by atoms with Crippen molar-refractivity contribution < 1.29 is 0 Å². The summed E-state index contributed by atoms with van der Waals surface area (Å²) in [5.41, 5.74) is 8.76. The van der Waals surface area contributed by atoms with Crippen LogP contribution in [0.4, 0.5) is 5.13 Å². The highest BCUT2D eigenvalue weighted by Gasteiger charge is 2.03. The van der Waals surface area contributed by atoms with Gasteiger partial charge in [-0.1, -0.05) is 67.9 Å². The summed E-state index contributed by atoms with van der Waals surface area (Å²) in [6, 6.07) is 16.8. The molecule has 0 aliphatic carbocycles.